The van der Waals surface area contributed by atoms with Gasteiger partial charge in [0.15, 0.2) is 34.6 Å². The van der Waals surface area contributed by atoms with Crippen LogP contribution in [0.3, 0.4) is 0 Å². The lowest BCUT2D eigenvalue weighted by Gasteiger charge is -2.47. The van der Waals surface area contributed by atoms with Crippen molar-refractivity contribution in [2.24, 2.45) is 4.99 Å². The van der Waals surface area contributed by atoms with Gasteiger partial charge in [0.2, 0.25) is 0 Å². The molecule has 2 amide bonds. The summed E-state index contributed by atoms with van der Waals surface area (Å²) in [5.41, 5.74) is 0.462. The molecule has 3 aliphatic heterocycles. The molecule has 272 valence electrons. The summed E-state index contributed by atoms with van der Waals surface area (Å²) in [6.07, 6.45) is 4.42. The van der Waals surface area contributed by atoms with E-state index < -0.39 is 11.4 Å². The van der Waals surface area contributed by atoms with E-state index in [-0.39, 0.29) is 34.7 Å². The molecule has 1 atom stereocenters. The van der Waals surface area contributed by atoms with Crippen molar-refractivity contribution in [2.75, 3.05) is 54.1 Å². The second-order valence-electron chi connectivity index (χ2n) is 14.4. The van der Waals surface area contributed by atoms with Crippen LogP contribution < -0.4 is 23.7 Å². The van der Waals surface area contributed by atoms with Gasteiger partial charge in [-0.2, -0.15) is 0 Å². The van der Waals surface area contributed by atoms with Crippen LogP contribution in [0.25, 0.3) is 0 Å². The van der Waals surface area contributed by atoms with Gasteiger partial charge in [0, 0.05) is 68.6 Å². The summed E-state index contributed by atoms with van der Waals surface area (Å²) in [6.45, 7) is 11.4. The predicted octanol–water partition coefficient (Wildman–Crippen LogP) is 6.75. The van der Waals surface area contributed by atoms with Gasteiger partial charge in [0.25, 0.3) is 11.8 Å². The summed E-state index contributed by atoms with van der Waals surface area (Å²) in [4.78, 5) is 37.4. The Balaban J connectivity index is 1.07. The van der Waals surface area contributed by atoms with Gasteiger partial charge in [-0.1, -0.05) is 0 Å². The Kier molecular flexibility index (Phi) is 10.2. The molecule has 2 saturated heterocycles. The molecule has 0 radical (unpaired) electrons. The Morgan fingerprint density at radius 1 is 0.843 bits per heavy atom. The summed E-state index contributed by atoms with van der Waals surface area (Å²) in [6, 6.07) is 12.8. The van der Waals surface area contributed by atoms with E-state index in [2.05, 4.69) is 23.7 Å². The number of benzene rings is 3. The van der Waals surface area contributed by atoms with Crippen LogP contribution in [0.15, 0.2) is 53.5 Å². The van der Waals surface area contributed by atoms with Crippen molar-refractivity contribution in [2.45, 2.75) is 64.1 Å². The fourth-order valence-corrected chi connectivity index (χ4v) is 7.50. The van der Waals surface area contributed by atoms with E-state index in [9.17, 15) is 9.59 Å². The third-order valence-corrected chi connectivity index (χ3v) is 9.89. The number of amides is 2. The van der Waals surface area contributed by atoms with Gasteiger partial charge >= 0.3 is 0 Å². The zero-order valence-electron chi connectivity index (χ0n) is 30.5. The van der Waals surface area contributed by atoms with Crippen molar-refractivity contribution in [3.8, 4) is 34.5 Å². The second kappa shape index (κ2) is 14.4. The number of methoxy groups -OCH3 is 3. The molecule has 0 N–H and O–H groups in total. The van der Waals surface area contributed by atoms with E-state index in [1.54, 1.807) is 42.3 Å². The van der Waals surface area contributed by atoms with Gasteiger partial charge in [-0.25, -0.2) is 4.39 Å². The number of nitrogens with zero attached hydrogens (tertiary/aromatic N) is 4. The number of rotatable bonds is 11. The molecule has 0 aliphatic carbocycles. The number of carbonyl (C=O) groups excluding carboxylic acids is 2. The molecule has 3 aliphatic rings. The maximum absolute atomic E-state index is 15.1. The van der Waals surface area contributed by atoms with Gasteiger partial charge in [0.05, 0.1) is 38.6 Å². The molecule has 2 fully saturated rings. The monoisotopic (exact) mass is 702 g/mol. The van der Waals surface area contributed by atoms with Crippen LogP contribution in [-0.4, -0.2) is 104 Å². The lowest BCUT2D eigenvalue weighted by molar-refractivity contribution is -0.00472. The molecule has 3 aromatic carbocycles. The van der Waals surface area contributed by atoms with Gasteiger partial charge in [-0.3, -0.25) is 19.5 Å². The van der Waals surface area contributed by atoms with Gasteiger partial charge in [-0.05, 0) is 76.9 Å². The number of ether oxygens (including phenoxy) is 5. The van der Waals surface area contributed by atoms with Crippen LogP contribution in [0, 0.1) is 5.82 Å². The Hall–Kier alpha value is -4.84. The number of hydrogen-bond acceptors (Lipinski definition) is 9. The first kappa shape index (κ1) is 36.0. The predicted molar refractivity (Wildman–Crippen MR) is 192 cm³/mol. The topological polar surface area (TPSA) is 102 Å². The van der Waals surface area contributed by atoms with Crippen LogP contribution in [0.5, 0.6) is 34.5 Å². The maximum Gasteiger partial charge on any atom is 0.256 e. The molecule has 6 rings (SSSR count). The summed E-state index contributed by atoms with van der Waals surface area (Å²) in [7, 11) is 4.62. The first-order valence-corrected chi connectivity index (χ1v) is 17.3. The van der Waals surface area contributed by atoms with Gasteiger partial charge < -0.3 is 33.5 Å². The highest BCUT2D eigenvalue weighted by molar-refractivity contribution is 6.03. The third-order valence-electron chi connectivity index (χ3n) is 9.89. The lowest BCUT2D eigenvalue weighted by atomic mass is 9.87. The van der Waals surface area contributed by atoms with E-state index >= 15 is 4.39 Å². The number of halogens is 1. The summed E-state index contributed by atoms with van der Waals surface area (Å²) in [5.74, 6) is 1.49. The fraction of sp³-hybridized carbons (Fsp3) is 0.462. The van der Waals surface area contributed by atoms with Crippen LogP contribution in [0.2, 0.25) is 0 Å². The summed E-state index contributed by atoms with van der Waals surface area (Å²) in [5, 5.41) is 0. The number of aliphatic imine (C=N–C) groups is 1. The lowest BCUT2D eigenvalue weighted by Crippen LogP contribution is -2.57. The number of carbonyl (C=O) groups is 2. The van der Waals surface area contributed by atoms with Crippen molar-refractivity contribution >= 4 is 23.7 Å². The Morgan fingerprint density at radius 2 is 1.53 bits per heavy atom. The van der Waals surface area contributed by atoms with Crippen LogP contribution in [-0.2, 0) is 0 Å². The molecule has 1 unspecified atom stereocenters. The molecular weight excluding hydrogens is 655 g/mol. The molecule has 0 aromatic heterocycles. The largest absolute Gasteiger partial charge is 0.493 e. The summed E-state index contributed by atoms with van der Waals surface area (Å²) >= 11 is 0. The zero-order valence-corrected chi connectivity index (χ0v) is 30.5. The summed E-state index contributed by atoms with van der Waals surface area (Å²) < 4.78 is 43.7. The minimum Gasteiger partial charge on any atom is -0.493 e. The first-order chi connectivity index (χ1) is 24.3. The fourth-order valence-electron chi connectivity index (χ4n) is 7.50. The zero-order chi connectivity index (χ0) is 36.5. The molecule has 0 bridgehead atoms. The molecular formula is C39H47FN4O7. The van der Waals surface area contributed by atoms with E-state index in [0.29, 0.717) is 72.6 Å². The van der Waals surface area contributed by atoms with Crippen molar-refractivity contribution in [1.29, 1.82) is 0 Å². The molecule has 11 nitrogen and oxygen atoms in total. The highest BCUT2D eigenvalue weighted by Gasteiger charge is 2.38. The second-order valence-corrected chi connectivity index (χ2v) is 14.4. The van der Waals surface area contributed by atoms with E-state index in [1.165, 1.54) is 26.4 Å². The molecule has 0 spiro atoms. The van der Waals surface area contributed by atoms with Crippen molar-refractivity contribution in [3.05, 3.63) is 65.5 Å². The van der Waals surface area contributed by atoms with E-state index in [4.69, 9.17) is 23.7 Å². The standard InChI is InChI=1S/C39H47FN4O7/c1-38(2,24-39(3,4)51-35-22-30-28(21-34(35)49-7)37(46)44-14-8-9-26(44)23-41-30)43-17-15-42(16-18-43)36(45)25-10-12-31(29(40)19-25)50-27-11-13-32(47-5)33(20-27)48-6/h10-13,19-23,26H,8-9,14-18,24H2,1-7H3. The van der Waals surface area contributed by atoms with Gasteiger partial charge in [0.1, 0.15) is 11.4 Å². The van der Waals surface area contributed by atoms with Gasteiger partial charge in [-0.15, -0.1) is 0 Å². The maximum atomic E-state index is 15.1. The normalized spacial score (nSPS) is 17.8. The molecule has 3 heterocycles. The smallest absolute Gasteiger partial charge is 0.256 e. The average molecular weight is 703 g/mol. The van der Waals surface area contributed by atoms with Crippen LogP contribution in [0.4, 0.5) is 10.1 Å². The number of piperazine rings is 1. The molecule has 51 heavy (non-hydrogen) atoms. The molecule has 12 heteroatoms. The first-order valence-electron chi connectivity index (χ1n) is 17.3. The van der Waals surface area contributed by atoms with E-state index in [1.807, 2.05) is 31.0 Å². The number of hydrogen-bond donors (Lipinski definition) is 0. The van der Waals surface area contributed by atoms with Crippen LogP contribution in [0.1, 0.15) is 67.7 Å². The highest BCUT2D eigenvalue weighted by atomic mass is 19.1. The van der Waals surface area contributed by atoms with E-state index in [0.717, 1.165) is 19.4 Å². The van der Waals surface area contributed by atoms with Crippen molar-refractivity contribution in [3.63, 3.8) is 0 Å². The Labute approximate surface area is 298 Å². The quantitative estimate of drug-likeness (QED) is 0.216. The van der Waals surface area contributed by atoms with Crippen molar-refractivity contribution < 1.29 is 37.7 Å². The third kappa shape index (κ3) is 7.61. The van der Waals surface area contributed by atoms with Crippen molar-refractivity contribution in [1.82, 2.24) is 14.7 Å². The molecule has 0 saturated carbocycles. The Bertz CT molecular complexity index is 1820. The minimum atomic E-state index is -0.637. The van der Waals surface area contributed by atoms with Crippen LogP contribution >= 0.6 is 0 Å². The average Bonchev–Trinajstić information content (AvgIpc) is 3.54. The molecule has 3 aromatic rings. The SMILES string of the molecule is COc1ccc(Oc2ccc(C(=O)N3CCN(C(C)(C)CC(C)(C)Oc4cc5c(cc4OC)C(=O)N4CCCC4C=N5)CC3)cc2F)cc1OC. The Morgan fingerprint density at radius 3 is 2.22 bits per heavy atom. The highest BCUT2D eigenvalue weighted by Crippen LogP contribution is 2.41. The minimum absolute atomic E-state index is 0.000190. The number of fused-ring (bicyclic) bond motifs is 2.